The topological polar surface area (TPSA) is 58.4 Å². The lowest BCUT2D eigenvalue weighted by molar-refractivity contribution is -0.120. The van der Waals surface area contributed by atoms with E-state index in [1.54, 1.807) is 7.05 Å². The predicted molar refractivity (Wildman–Crippen MR) is 66.2 cm³/mol. The van der Waals surface area contributed by atoms with Gasteiger partial charge in [-0.1, -0.05) is 6.42 Å². The third-order valence-electron chi connectivity index (χ3n) is 3.38. The summed E-state index contributed by atoms with van der Waals surface area (Å²) in [5.74, 6) is 0.146. The van der Waals surface area contributed by atoms with Crippen molar-refractivity contribution in [2.45, 2.75) is 44.6 Å². The van der Waals surface area contributed by atoms with Crippen molar-refractivity contribution in [2.75, 3.05) is 26.7 Å². The summed E-state index contributed by atoms with van der Waals surface area (Å²) in [4.78, 5) is 13.6. The molecule has 16 heavy (non-hydrogen) atoms. The van der Waals surface area contributed by atoms with Gasteiger partial charge in [-0.3, -0.25) is 4.79 Å². The first-order valence-corrected chi connectivity index (χ1v) is 6.42. The van der Waals surface area contributed by atoms with Crippen LogP contribution in [-0.4, -0.2) is 43.5 Å². The molecule has 0 radical (unpaired) electrons. The molecule has 1 aliphatic heterocycles. The molecule has 0 bridgehead atoms. The van der Waals surface area contributed by atoms with E-state index >= 15 is 0 Å². The summed E-state index contributed by atoms with van der Waals surface area (Å²) in [6.45, 7) is 2.99. The average Bonchev–Trinajstić information content (AvgIpc) is 2.31. The van der Waals surface area contributed by atoms with Crippen molar-refractivity contribution >= 4 is 5.91 Å². The fourth-order valence-electron chi connectivity index (χ4n) is 2.44. The number of piperidine rings is 1. The highest BCUT2D eigenvalue weighted by Crippen LogP contribution is 2.19. The van der Waals surface area contributed by atoms with Crippen LogP contribution in [0.15, 0.2) is 0 Å². The standard InChI is InChI=1S/C12H25N3O/c1-14-12(16)6-4-10-15-9-3-2-5-11(15)7-8-13/h11H,2-10,13H2,1H3,(H,14,16). The summed E-state index contributed by atoms with van der Waals surface area (Å²) in [5.41, 5.74) is 5.63. The van der Waals surface area contributed by atoms with Gasteiger partial charge in [0.25, 0.3) is 0 Å². The Hall–Kier alpha value is -0.610. The van der Waals surface area contributed by atoms with E-state index in [2.05, 4.69) is 10.2 Å². The lowest BCUT2D eigenvalue weighted by Crippen LogP contribution is -2.41. The number of likely N-dealkylation sites (tertiary alicyclic amines) is 1. The van der Waals surface area contributed by atoms with E-state index in [0.29, 0.717) is 12.5 Å². The molecular formula is C12H25N3O. The van der Waals surface area contributed by atoms with Gasteiger partial charge in [0.1, 0.15) is 0 Å². The Morgan fingerprint density at radius 2 is 2.31 bits per heavy atom. The lowest BCUT2D eigenvalue weighted by atomic mass is 9.99. The van der Waals surface area contributed by atoms with Crippen molar-refractivity contribution in [2.24, 2.45) is 5.73 Å². The Labute approximate surface area is 98.6 Å². The molecule has 0 aromatic heterocycles. The van der Waals surface area contributed by atoms with Crippen LogP contribution in [0.25, 0.3) is 0 Å². The van der Waals surface area contributed by atoms with Crippen LogP contribution in [0.4, 0.5) is 0 Å². The van der Waals surface area contributed by atoms with Crippen molar-refractivity contribution in [1.29, 1.82) is 0 Å². The zero-order valence-electron chi connectivity index (χ0n) is 10.4. The van der Waals surface area contributed by atoms with E-state index in [1.807, 2.05) is 0 Å². The fraction of sp³-hybridized carbons (Fsp3) is 0.917. The third kappa shape index (κ3) is 4.49. The Kier molecular flexibility index (Phi) is 6.42. The molecule has 0 aromatic carbocycles. The monoisotopic (exact) mass is 227 g/mol. The first kappa shape index (κ1) is 13.5. The zero-order valence-corrected chi connectivity index (χ0v) is 10.4. The second-order valence-electron chi connectivity index (χ2n) is 4.54. The summed E-state index contributed by atoms with van der Waals surface area (Å²) in [5, 5.41) is 2.66. The van der Waals surface area contributed by atoms with Gasteiger partial charge in [0.2, 0.25) is 5.91 Å². The highest BCUT2D eigenvalue weighted by molar-refractivity contribution is 5.75. The number of carbonyl (C=O) groups is 1. The Balaban J connectivity index is 2.24. The molecule has 1 aliphatic rings. The second kappa shape index (κ2) is 7.63. The van der Waals surface area contributed by atoms with Gasteiger partial charge in [-0.15, -0.1) is 0 Å². The van der Waals surface area contributed by atoms with Gasteiger partial charge in [0, 0.05) is 19.5 Å². The lowest BCUT2D eigenvalue weighted by Gasteiger charge is -2.35. The van der Waals surface area contributed by atoms with Gasteiger partial charge < -0.3 is 16.0 Å². The molecule has 1 heterocycles. The molecule has 1 rings (SSSR count). The van der Waals surface area contributed by atoms with Gasteiger partial charge in [-0.25, -0.2) is 0 Å². The van der Waals surface area contributed by atoms with E-state index in [0.717, 1.165) is 25.9 Å². The molecule has 0 saturated carbocycles. The number of carbonyl (C=O) groups excluding carboxylic acids is 1. The van der Waals surface area contributed by atoms with Gasteiger partial charge in [0.05, 0.1) is 0 Å². The van der Waals surface area contributed by atoms with E-state index < -0.39 is 0 Å². The van der Waals surface area contributed by atoms with Crippen LogP contribution in [0.5, 0.6) is 0 Å². The number of hydrogen-bond donors (Lipinski definition) is 2. The smallest absolute Gasteiger partial charge is 0.219 e. The van der Waals surface area contributed by atoms with E-state index in [1.165, 1.54) is 25.8 Å². The normalized spacial score (nSPS) is 22.0. The molecule has 1 unspecified atom stereocenters. The summed E-state index contributed by atoms with van der Waals surface area (Å²) in [7, 11) is 1.69. The molecule has 4 heteroatoms. The minimum absolute atomic E-state index is 0.146. The summed E-state index contributed by atoms with van der Waals surface area (Å²) in [6, 6.07) is 0.656. The fourth-order valence-corrected chi connectivity index (χ4v) is 2.44. The minimum atomic E-state index is 0.146. The minimum Gasteiger partial charge on any atom is -0.359 e. The number of nitrogens with zero attached hydrogens (tertiary/aromatic N) is 1. The maximum atomic E-state index is 11.1. The van der Waals surface area contributed by atoms with Crippen LogP contribution in [0.1, 0.15) is 38.5 Å². The van der Waals surface area contributed by atoms with Crippen LogP contribution in [-0.2, 0) is 4.79 Å². The quantitative estimate of drug-likeness (QED) is 0.703. The largest absolute Gasteiger partial charge is 0.359 e. The van der Waals surface area contributed by atoms with E-state index in [9.17, 15) is 4.79 Å². The van der Waals surface area contributed by atoms with Gasteiger partial charge in [0.15, 0.2) is 0 Å². The zero-order chi connectivity index (χ0) is 11.8. The Morgan fingerprint density at radius 1 is 1.50 bits per heavy atom. The van der Waals surface area contributed by atoms with E-state index in [4.69, 9.17) is 5.73 Å². The van der Waals surface area contributed by atoms with Crippen LogP contribution in [0.3, 0.4) is 0 Å². The molecular weight excluding hydrogens is 202 g/mol. The second-order valence-corrected chi connectivity index (χ2v) is 4.54. The van der Waals surface area contributed by atoms with Gasteiger partial charge >= 0.3 is 0 Å². The van der Waals surface area contributed by atoms with Gasteiger partial charge in [-0.05, 0) is 45.3 Å². The molecule has 94 valence electrons. The summed E-state index contributed by atoms with van der Waals surface area (Å²) >= 11 is 0. The predicted octanol–water partition coefficient (Wildman–Crippen LogP) is 0.716. The number of amides is 1. The molecule has 0 spiro atoms. The SMILES string of the molecule is CNC(=O)CCCN1CCCCC1CCN. The van der Waals surface area contributed by atoms with E-state index in [-0.39, 0.29) is 5.91 Å². The summed E-state index contributed by atoms with van der Waals surface area (Å²) in [6.07, 6.45) is 6.60. The van der Waals surface area contributed by atoms with Crippen LogP contribution < -0.4 is 11.1 Å². The Morgan fingerprint density at radius 3 is 3.00 bits per heavy atom. The van der Waals surface area contributed by atoms with Crippen molar-refractivity contribution in [3.05, 3.63) is 0 Å². The van der Waals surface area contributed by atoms with Crippen LogP contribution in [0, 0.1) is 0 Å². The highest BCUT2D eigenvalue weighted by atomic mass is 16.1. The summed E-state index contributed by atoms with van der Waals surface area (Å²) < 4.78 is 0. The van der Waals surface area contributed by atoms with Crippen molar-refractivity contribution in [3.63, 3.8) is 0 Å². The molecule has 4 nitrogen and oxygen atoms in total. The molecule has 3 N–H and O–H groups in total. The maximum Gasteiger partial charge on any atom is 0.219 e. The Bertz CT molecular complexity index is 206. The first-order chi connectivity index (χ1) is 7.77. The first-order valence-electron chi connectivity index (χ1n) is 6.42. The number of nitrogens with one attached hydrogen (secondary N) is 1. The van der Waals surface area contributed by atoms with Crippen LogP contribution >= 0.6 is 0 Å². The number of rotatable bonds is 6. The van der Waals surface area contributed by atoms with Crippen molar-refractivity contribution < 1.29 is 4.79 Å². The average molecular weight is 227 g/mol. The molecule has 1 atom stereocenters. The number of nitrogens with two attached hydrogens (primary N) is 1. The molecule has 0 aromatic rings. The number of hydrogen-bond acceptors (Lipinski definition) is 3. The van der Waals surface area contributed by atoms with Crippen molar-refractivity contribution in [1.82, 2.24) is 10.2 Å². The van der Waals surface area contributed by atoms with Gasteiger partial charge in [-0.2, -0.15) is 0 Å². The third-order valence-corrected chi connectivity index (χ3v) is 3.38. The molecule has 0 aliphatic carbocycles. The maximum absolute atomic E-state index is 11.1. The van der Waals surface area contributed by atoms with Crippen molar-refractivity contribution in [3.8, 4) is 0 Å². The van der Waals surface area contributed by atoms with Crippen LogP contribution in [0.2, 0.25) is 0 Å². The highest BCUT2D eigenvalue weighted by Gasteiger charge is 2.20. The molecule has 1 saturated heterocycles. The molecule has 1 fully saturated rings. The molecule has 1 amide bonds.